The molecule has 1 aromatic heterocycles. The number of aromatic nitrogens is 1. The van der Waals surface area contributed by atoms with Crippen molar-refractivity contribution in [1.82, 2.24) is 9.88 Å². The number of nitrogens with zero attached hydrogens (tertiary/aromatic N) is 2. The molecule has 3 nitrogen and oxygen atoms in total. The maximum absolute atomic E-state index is 5.85. The smallest absolute Gasteiger partial charge is 0.124 e. The average molecular weight is 274 g/mol. The first-order valence-electron chi connectivity index (χ1n) is 6.71. The zero-order valence-electron chi connectivity index (χ0n) is 11.1. The molecule has 0 saturated carbocycles. The van der Waals surface area contributed by atoms with Crippen LogP contribution in [0.5, 0.6) is 0 Å². The van der Waals surface area contributed by atoms with Crippen molar-refractivity contribution >= 4 is 11.3 Å². The largest absolute Gasteiger partial charge is 0.368 e. The van der Waals surface area contributed by atoms with Crippen LogP contribution in [-0.4, -0.2) is 36.1 Å². The molecule has 0 bridgehead atoms. The Bertz CT molecular complexity index is 526. The first-order valence-corrected chi connectivity index (χ1v) is 7.59. The predicted molar refractivity (Wildman–Crippen MR) is 78.4 cm³/mol. The van der Waals surface area contributed by atoms with Gasteiger partial charge in [0.15, 0.2) is 0 Å². The third-order valence-electron chi connectivity index (χ3n) is 3.46. The van der Waals surface area contributed by atoms with Gasteiger partial charge < -0.3 is 4.74 Å². The third-order valence-corrected chi connectivity index (χ3v) is 4.40. The summed E-state index contributed by atoms with van der Waals surface area (Å²) in [4.78, 5) is 7.15. The molecular weight excluding hydrogens is 256 g/mol. The van der Waals surface area contributed by atoms with Crippen LogP contribution >= 0.6 is 11.3 Å². The molecule has 1 saturated heterocycles. The molecule has 2 heterocycles. The van der Waals surface area contributed by atoms with Crippen LogP contribution in [0.25, 0.3) is 11.3 Å². The topological polar surface area (TPSA) is 25.4 Å². The second-order valence-electron chi connectivity index (χ2n) is 4.69. The van der Waals surface area contributed by atoms with E-state index in [0.717, 1.165) is 36.9 Å². The summed E-state index contributed by atoms with van der Waals surface area (Å²) >= 11 is 1.70. The Balaban J connectivity index is 1.78. The van der Waals surface area contributed by atoms with E-state index in [4.69, 9.17) is 9.72 Å². The number of ether oxygens (including phenoxy) is 1. The molecule has 1 aliphatic rings. The molecule has 1 atom stereocenters. The van der Waals surface area contributed by atoms with E-state index in [0.29, 0.717) is 0 Å². The van der Waals surface area contributed by atoms with Crippen molar-refractivity contribution < 1.29 is 4.74 Å². The summed E-state index contributed by atoms with van der Waals surface area (Å²) in [6.45, 7) is 6.07. The van der Waals surface area contributed by atoms with Gasteiger partial charge >= 0.3 is 0 Å². The highest BCUT2D eigenvalue weighted by molar-refractivity contribution is 7.10. The molecule has 1 unspecified atom stereocenters. The molecule has 1 fully saturated rings. The molecule has 1 aliphatic heterocycles. The lowest BCUT2D eigenvalue weighted by molar-refractivity contribution is -0.0282. The van der Waals surface area contributed by atoms with E-state index >= 15 is 0 Å². The van der Waals surface area contributed by atoms with Gasteiger partial charge in [-0.2, -0.15) is 0 Å². The zero-order chi connectivity index (χ0) is 13.1. The molecule has 0 amide bonds. The summed E-state index contributed by atoms with van der Waals surface area (Å²) < 4.78 is 5.85. The van der Waals surface area contributed by atoms with Gasteiger partial charge in [0.25, 0.3) is 0 Å². The minimum Gasteiger partial charge on any atom is -0.368 e. The Hall–Kier alpha value is -1.23. The predicted octanol–water partition coefficient (Wildman–Crippen LogP) is 3.20. The Labute approximate surface area is 117 Å². The molecule has 100 valence electrons. The van der Waals surface area contributed by atoms with E-state index in [1.54, 1.807) is 11.3 Å². The number of morpholine rings is 1. The summed E-state index contributed by atoms with van der Waals surface area (Å²) in [5.41, 5.74) is 2.23. The van der Waals surface area contributed by atoms with Gasteiger partial charge in [-0.15, -0.1) is 11.3 Å². The lowest BCUT2D eigenvalue weighted by atomic mass is 10.2. The maximum Gasteiger partial charge on any atom is 0.124 e. The number of rotatable bonds is 3. The second kappa shape index (κ2) is 5.82. The normalized spacial score (nSPS) is 20.6. The fourth-order valence-corrected chi connectivity index (χ4v) is 3.18. The van der Waals surface area contributed by atoms with Gasteiger partial charge in [-0.25, -0.2) is 4.98 Å². The fourth-order valence-electron chi connectivity index (χ4n) is 2.32. The maximum atomic E-state index is 5.85. The highest BCUT2D eigenvalue weighted by Gasteiger charge is 2.23. The van der Waals surface area contributed by atoms with E-state index in [1.165, 1.54) is 5.56 Å². The highest BCUT2D eigenvalue weighted by Crippen LogP contribution is 2.29. The van der Waals surface area contributed by atoms with E-state index in [2.05, 4.69) is 29.3 Å². The molecule has 0 spiro atoms. The van der Waals surface area contributed by atoms with E-state index in [1.807, 2.05) is 18.2 Å². The number of thiazole rings is 1. The molecule has 0 aliphatic carbocycles. The summed E-state index contributed by atoms with van der Waals surface area (Å²) in [5, 5.41) is 3.22. The van der Waals surface area contributed by atoms with Crippen LogP contribution in [0.2, 0.25) is 0 Å². The van der Waals surface area contributed by atoms with Gasteiger partial charge in [0.05, 0.1) is 12.3 Å². The first kappa shape index (κ1) is 12.8. The van der Waals surface area contributed by atoms with Crippen LogP contribution in [0.1, 0.15) is 18.0 Å². The van der Waals surface area contributed by atoms with Gasteiger partial charge in [0, 0.05) is 24.0 Å². The van der Waals surface area contributed by atoms with Crippen LogP contribution in [0.4, 0.5) is 0 Å². The summed E-state index contributed by atoms with van der Waals surface area (Å²) in [7, 11) is 0. The number of hydrogen-bond acceptors (Lipinski definition) is 4. The number of likely N-dealkylation sites (N-methyl/N-ethyl adjacent to an activating group) is 1. The van der Waals surface area contributed by atoms with Gasteiger partial charge in [0.2, 0.25) is 0 Å². The molecular formula is C15H18N2OS. The lowest BCUT2D eigenvalue weighted by Gasteiger charge is -2.30. The Morgan fingerprint density at radius 2 is 2.21 bits per heavy atom. The van der Waals surface area contributed by atoms with Gasteiger partial charge in [0.1, 0.15) is 11.1 Å². The molecule has 3 rings (SSSR count). The summed E-state index contributed by atoms with van der Waals surface area (Å²) in [6, 6.07) is 10.3. The fraction of sp³-hybridized carbons (Fsp3) is 0.400. The van der Waals surface area contributed by atoms with Gasteiger partial charge in [-0.1, -0.05) is 37.3 Å². The van der Waals surface area contributed by atoms with Crippen molar-refractivity contribution in [2.75, 3.05) is 26.2 Å². The molecule has 4 heteroatoms. The van der Waals surface area contributed by atoms with E-state index in [-0.39, 0.29) is 6.10 Å². The third kappa shape index (κ3) is 2.86. The number of benzene rings is 1. The van der Waals surface area contributed by atoms with Gasteiger partial charge in [-0.3, -0.25) is 4.90 Å². The Morgan fingerprint density at radius 3 is 3.00 bits per heavy atom. The van der Waals surface area contributed by atoms with Crippen LogP contribution in [0.3, 0.4) is 0 Å². The summed E-state index contributed by atoms with van der Waals surface area (Å²) in [5.74, 6) is 0. The minimum atomic E-state index is 0.135. The average Bonchev–Trinajstić information content (AvgIpc) is 2.98. The van der Waals surface area contributed by atoms with Crippen LogP contribution in [0, 0.1) is 0 Å². The molecule has 1 aromatic carbocycles. The van der Waals surface area contributed by atoms with Crippen molar-refractivity contribution in [2.45, 2.75) is 13.0 Å². The molecule has 0 N–H and O–H groups in total. The SMILES string of the molecule is CCN1CCOC(c2nc(-c3ccccc3)cs2)C1. The molecule has 0 radical (unpaired) electrons. The zero-order valence-corrected chi connectivity index (χ0v) is 11.9. The van der Waals surface area contributed by atoms with Crippen molar-refractivity contribution in [2.24, 2.45) is 0 Å². The minimum absolute atomic E-state index is 0.135. The lowest BCUT2D eigenvalue weighted by Crippen LogP contribution is -2.37. The first-order chi connectivity index (χ1) is 9.36. The number of hydrogen-bond donors (Lipinski definition) is 0. The van der Waals surface area contributed by atoms with E-state index < -0.39 is 0 Å². The van der Waals surface area contributed by atoms with Crippen LogP contribution < -0.4 is 0 Å². The Morgan fingerprint density at radius 1 is 1.37 bits per heavy atom. The summed E-state index contributed by atoms with van der Waals surface area (Å²) in [6.07, 6.45) is 0.135. The van der Waals surface area contributed by atoms with Crippen LogP contribution in [-0.2, 0) is 4.74 Å². The highest BCUT2D eigenvalue weighted by atomic mass is 32.1. The van der Waals surface area contributed by atoms with Crippen molar-refractivity contribution in [3.8, 4) is 11.3 Å². The quantitative estimate of drug-likeness (QED) is 0.859. The van der Waals surface area contributed by atoms with E-state index in [9.17, 15) is 0 Å². The standard InChI is InChI=1S/C15H18N2OS/c1-2-17-8-9-18-14(10-17)15-16-13(11-19-15)12-6-4-3-5-7-12/h3-7,11,14H,2,8-10H2,1H3. The van der Waals surface area contributed by atoms with Gasteiger partial charge in [-0.05, 0) is 6.54 Å². The molecule has 19 heavy (non-hydrogen) atoms. The van der Waals surface area contributed by atoms with Crippen molar-refractivity contribution in [3.05, 3.63) is 40.7 Å². The second-order valence-corrected chi connectivity index (χ2v) is 5.58. The van der Waals surface area contributed by atoms with Crippen molar-refractivity contribution in [3.63, 3.8) is 0 Å². The van der Waals surface area contributed by atoms with Crippen LogP contribution in [0.15, 0.2) is 35.7 Å². The Kier molecular flexibility index (Phi) is 3.92. The monoisotopic (exact) mass is 274 g/mol. The van der Waals surface area contributed by atoms with Crippen molar-refractivity contribution in [1.29, 1.82) is 0 Å². The molecule has 2 aromatic rings.